The Morgan fingerprint density at radius 2 is 1.89 bits per heavy atom. The lowest BCUT2D eigenvalue weighted by Crippen LogP contribution is -2.25. The standard InChI is InChI=1S/C19H17F3N4O2/c1-10-24-16-8-13(26-11(2)27)7-14(17(16)25-10)18(28)23-9-12-5-3-4-6-15(12)19(20,21)22/h3-8H,9H2,1-2H3,(H,23,28)(H,24,25)(H,26,27). The molecule has 0 spiro atoms. The summed E-state index contributed by atoms with van der Waals surface area (Å²) in [5.41, 5.74) is 0.580. The Kier molecular flexibility index (Phi) is 5.08. The van der Waals surface area contributed by atoms with E-state index >= 15 is 0 Å². The summed E-state index contributed by atoms with van der Waals surface area (Å²) in [6.45, 7) is 2.74. The van der Waals surface area contributed by atoms with Crippen LogP contribution in [0.15, 0.2) is 36.4 Å². The van der Waals surface area contributed by atoms with Crippen molar-refractivity contribution in [2.24, 2.45) is 0 Å². The number of aryl methyl sites for hydroxylation is 1. The highest BCUT2D eigenvalue weighted by atomic mass is 19.4. The van der Waals surface area contributed by atoms with Crippen molar-refractivity contribution < 1.29 is 22.8 Å². The molecular formula is C19H17F3N4O2. The number of carbonyl (C=O) groups excluding carboxylic acids is 2. The minimum Gasteiger partial charge on any atom is -0.348 e. The largest absolute Gasteiger partial charge is 0.416 e. The van der Waals surface area contributed by atoms with Crippen molar-refractivity contribution in [3.63, 3.8) is 0 Å². The zero-order chi connectivity index (χ0) is 20.5. The third kappa shape index (κ3) is 4.13. The van der Waals surface area contributed by atoms with E-state index in [0.29, 0.717) is 22.5 Å². The van der Waals surface area contributed by atoms with Crippen LogP contribution in [0.5, 0.6) is 0 Å². The summed E-state index contributed by atoms with van der Waals surface area (Å²) >= 11 is 0. The molecular weight excluding hydrogens is 373 g/mol. The number of H-pyrrole nitrogens is 1. The Labute approximate surface area is 158 Å². The number of amides is 2. The van der Waals surface area contributed by atoms with Crippen molar-refractivity contribution in [2.45, 2.75) is 26.6 Å². The van der Waals surface area contributed by atoms with Crippen molar-refractivity contribution >= 4 is 28.5 Å². The number of fused-ring (bicyclic) bond motifs is 1. The van der Waals surface area contributed by atoms with Crippen LogP contribution in [0.4, 0.5) is 18.9 Å². The number of rotatable bonds is 4. The second kappa shape index (κ2) is 7.34. The molecule has 9 heteroatoms. The quantitative estimate of drug-likeness (QED) is 0.634. The summed E-state index contributed by atoms with van der Waals surface area (Å²) in [7, 11) is 0. The molecule has 1 aromatic heterocycles. The molecule has 0 radical (unpaired) electrons. The molecule has 2 amide bonds. The normalized spacial score (nSPS) is 11.5. The molecule has 6 nitrogen and oxygen atoms in total. The molecule has 0 saturated heterocycles. The molecule has 3 rings (SSSR count). The number of hydrogen-bond donors (Lipinski definition) is 3. The van der Waals surface area contributed by atoms with Gasteiger partial charge < -0.3 is 15.6 Å². The first kappa shape index (κ1) is 19.4. The smallest absolute Gasteiger partial charge is 0.348 e. The van der Waals surface area contributed by atoms with Crippen molar-refractivity contribution in [1.82, 2.24) is 15.3 Å². The van der Waals surface area contributed by atoms with Crippen LogP contribution in [-0.4, -0.2) is 21.8 Å². The van der Waals surface area contributed by atoms with Gasteiger partial charge in [0.25, 0.3) is 5.91 Å². The number of alkyl halides is 3. The second-order valence-electron chi connectivity index (χ2n) is 6.26. The monoisotopic (exact) mass is 390 g/mol. The van der Waals surface area contributed by atoms with Gasteiger partial charge in [0.1, 0.15) is 11.3 Å². The molecule has 0 atom stereocenters. The maximum absolute atomic E-state index is 13.1. The van der Waals surface area contributed by atoms with E-state index in [1.165, 1.54) is 31.2 Å². The van der Waals surface area contributed by atoms with Crippen molar-refractivity contribution in [3.05, 3.63) is 58.9 Å². The molecule has 2 aromatic carbocycles. The van der Waals surface area contributed by atoms with E-state index in [4.69, 9.17) is 0 Å². The fourth-order valence-corrected chi connectivity index (χ4v) is 2.91. The fourth-order valence-electron chi connectivity index (χ4n) is 2.91. The maximum Gasteiger partial charge on any atom is 0.416 e. The molecule has 146 valence electrons. The Balaban J connectivity index is 1.91. The summed E-state index contributed by atoms with van der Waals surface area (Å²) in [6, 6.07) is 8.12. The summed E-state index contributed by atoms with van der Waals surface area (Å²) in [4.78, 5) is 31.3. The van der Waals surface area contributed by atoms with Crippen LogP contribution in [0.25, 0.3) is 11.0 Å². The van der Waals surface area contributed by atoms with Crippen molar-refractivity contribution in [3.8, 4) is 0 Å². The number of imidazole rings is 1. The molecule has 3 N–H and O–H groups in total. The van der Waals surface area contributed by atoms with Gasteiger partial charge in [-0.15, -0.1) is 0 Å². The Hall–Kier alpha value is -3.36. The number of nitrogens with one attached hydrogen (secondary N) is 3. The predicted molar refractivity (Wildman–Crippen MR) is 97.7 cm³/mol. The lowest BCUT2D eigenvalue weighted by Gasteiger charge is -2.13. The van der Waals surface area contributed by atoms with Crippen LogP contribution in [-0.2, 0) is 17.5 Å². The van der Waals surface area contributed by atoms with Gasteiger partial charge in [-0.1, -0.05) is 18.2 Å². The number of benzene rings is 2. The lowest BCUT2D eigenvalue weighted by atomic mass is 10.1. The zero-order valence-electron chi connectivity index (χ0n) is 15.1. The molecule has 3 aromatic rings. The Morgan fingerprint density at radius 1 is 1.18 bits per heavy atom. The summed E-state index contributed by atoms with van der Waals surface area (Å²) < 4.78 is 39.3. The first-order valence-electron chi connectivity index (χ1n) is 8.36. The second-order valence-corrected chi connectivity index (χ2v) is 6.26. The van der Waals surface area contributed by atoms with Gasteiger partial charge in [0.2, 0.25) is 5.91 Å². The van der Waals surface area contributed by atoms with E-state index in [1.54, 1.807) is 13.0 Å². The number of halogens is 3. The van der Waals surface area contributed by atoms with Crippen molar-refractivity contribution in [2.75, 3.05) is 5.32 Å². The highest BCUT2D eigenvalue weighted by Gasteiger charge is 2.32. The van der Waals surface area contributed by atoms with Gasteiger partial charge in [-0.3, -0.25) is 9.59 Å². The van der Waals surface area contributed by atoms with E-state index < -0.39 is 17.6 Å². The van der Waals surface area contributed by atoms with E-state index in [0.717, 1.165) is 6.07 Å². The number of aromatic amines is 1. The van der Waals surface area contributed by atoms with Gasteiger partial charge in [0.05, 0.1) is 16.6 Å². The number of anilines is 1. The van der Waals surface area contributed by atoms with E-state index in [9.17, 15) is 22.8 Å². The molecule has 0 unspecified atom stereocenters. The minimum absolute atomic E-state index is 0.0455. The van der Waals surface area contributed by atoms with Gasteiger partial charge in [0.15, 0.2) is 0 Å². The van der Waals surface area contributed by atoms with Gasteiger partial charge in [-0.05, 0) is 30.7 Å². The van der Waals surface area contributed by atoms with E-state index in [-0.39, 0.29) is 23.6 Å². The van der Waals surface area contributed by atoms with Crippen LogP contribution >= 0.6 is 0 Å². The van der Waals surface area contributed by atoms with Gasteiger partial charge in [-0.25, -0.2) is 4.98 Å². The topological polar surface area (TPSA) is 86.9 Å². The number of aromatic nitrogens is 2. The third-order valence-corrected chi connectivity index (χ3v) is 4.03. The van der Waals surface area contributed by atoms with Crippen LogP contribution in [0.1, 0.15) is 34.2 Å². The average molecular weight is 390 g/mol. The van der Waals surface area contributed by atoms with Gasteiger partial charge in [0, 0.05) is 19.2 Å². The van der Waals surface area contributed by atoms with Crippen LogP contribution < -0.4 is 10.6 Å². The van der Waals surface area contributed by atoms with Crippen molar-refractivity contribution in [1.29, 1.82) is 0 Å². The summed E-state index contributed by atoms with van der Waals surface area (Å²) in [5.74, 6) is -0.354. The lowest BCUT2D eigenvalue weighted by molar-refractivity contribution is -0.138. The first-order chi connectivity index (χ1) is 13.1. The fraction of sp³-hybridized carbons (Fsp3) is 0.211. The molecule has 28 heavy (non-hydrogen) atoms. The number of hydrogen-bond acceptors (Lipinski definition) is 3. The number of nitrogens with zero attached hydrogens (tertiary/aromatic N) is 1. The Bertz CT molecular complexity index is 1060. The van der Waals surface area contributed by atoms with Gasteiger partial charge in [-0.2, -0.15) is 13.2 Å². The van der Waals surface area contributed by atoms with Crippen LogP contribution in [0.3, 0.4) is 0 Å². The number of carbonyl (C=O) groups is 2. The average Bonchev–Trinajstić information content (AvgIpc) is 2.98. The predicted octanol–water partition coefficient (Wildman–Crippen LogP) is 3.78. The highest BCUT2D eigenvalue weighted by molar-refractivity contribution is 6.07. The van der Waals surface area contributed by atoms with E-state index in [2.05, 4.69) is 20.6 Å². The molecule has 0 bridgehead atoms. The van der Waals surface area contributed by atoms with Crippen LogP contribution in [0, 0.1) is 6.92 Å². The highest BCUT2D eigenvalue weighted by Crippen LogP contribution is 2.32. The van der Waals surface area contributed by atoms with E-state index in [1.807, 2.05) is 0 Å². The molecule has 0 aliphatic carbocycles. The van der Waals surface area contributed by atoms with Crippen LogP contribution in [0.2, 0.25) is 0 Å². The minimum atomic E-state index is -4.51. The third-order valence-electron chi connectivity index (χ3n) is 4.03. The van der Waals surface area contributed by atoms with Gasteiger partial charge >= 0.3 is 6.18 Å². The maximum atomic E-state index is 13.1. The molecule has 1 heterocycles. The zero-order valence-corrected chi connectivity index (χ0v) is 15.1. The molecule has 0 fully saturated rings. The first-order valence-corrected chi connectivity index (χ1v) is 8.36. The molecule has 0 aliphatic rings. The molecule has 0 aliphatic heterocycles. The summed E-state index contributed by atoms with van der Waals surface area (Å²) in [6.07, 6.45) is -4.51. The Morgan fingerprint density at radius 3 is 2.57 bits per heavy atom. The SMILES string of the molecule is CC(=O)Nc1cc(C(=O)NCc2ccccc2C(F)(F)F)c2nc(C)[nH]c2c1. The summed E-state index contributed by atoms with van der Waals surface area (Å²) in [5, 5.41) is 5.09. The molecule has 0 saturated carbocycles.